The highest BCUT2D eigenvalue weighted by molar-refractivity contribution is 5.83. The molecule has 0 atom stereocenters. The zero-order chi connectivity index (χ0) is 18.6. The molecule has 2 heterocycles. The molecule has 0 unspecified atom stereocenters. The van der Waals surface area contributed by atoms with Gasteiger partial charge in [0.2, 0.25) is 11.0 Å². The molecule has 0 saturated heterocycles. The molecule has 0 aliphatic carbocycles. The van der Waals surface area contributed by atoms with Gasteiger partial charge in [-0.1, -0.05) is 12.1 Å². The Labute approximate surface area is 156 Å². The number of nitrogens with zero attached hydrogens (tertiary/aromatic N) is 2. The van der Waals surface area contributed by atoms with E-state index in [0.29, 0.717) is 42.2 Å². The summed E-state index contributed by atoms with van der Waals surface area (Å²) in [6, 6.07) is 18.0. The van der Waals surface area contributed by atoms with Crippen molar-refractivity contribution in [2.75, 3.05) is 13.2 Å². The summed E-state index contributed by atoms with van der Waals surface area (Å²) in [5, 5.41) is 25.2. The van der Waals surface area contributed by atoms with Crippen LogP contribution in [0.25, 0.3) is 21.8 Å². The first-order chi connectivity index (χ1) is 13.2. The van der Waals surface area contributed by atoms with Crippen LogP contribution in [0.1, 0.15) is 6.42 Å². The van der Waals surface area contributed by atoms with Gasteiger partial charge >= 0.3 is 0 Å². The molecule has 6 heteroatoms. The van der Waals surface area contributed by atoms with Crippen molar-refractivity contribution in [3.8, 4) is 11.5 Å². The molecule has 27 heavy (non-hydrogen) atoms. The van der Waals surface area contributed by atoms with E-state index >= 15 is 0 Å². The first-order valence-electron chi connectivity index (χ1n) is 8.71. The Balaban J connectivity index is 1.38. The highest BCUT2D eigenvalue weighted by Gasteiger charge is 2.09. The normalized spacial score (nSPS) is 11.0. The fourth-order valence-electron chi connectivity index (χ4n) is 3.05. The zero-order valence-electron chi connectivity index (χ0n) is 14.6. The maximum absolute atomic E-state index is 11.8. The minimum Gasteiger partial charge on any atom is -0.618 e. The Morgan fingerprint density at radius 1 is 0.630 bits per heavy atom. The summed E-state index contributed by atoms with van der Waals surface area (Å²) in [6.07, 6.45) is 3.60. The minimum atomic E-state index is 0.458. The van der Waals surface area contributed by atoms with Gasteiger partial charge in [-0.05, 0) is 24.3 Å². The van der Waals surface area contributed by atoms with E-state index in [1.54, 1.807) is 36.4 Å². The van der Waals surface area contributed by atoms with Gasteiger partial charge < -0.3 is 19.9 Å². The number of fused-ring (bicyclic) bond motifs is 2. The second-order valence-corrected chi connectivity index (χ2v) is 6.10. The van der Waals surface area contributed by atoms with Crippen molar-refractivity contribution in [1.29, 1.82) is 0 Å². The van der Waals surface area contributed by atoms with Crippen molar-refractivity contribution >= 4 is 21.8 Å². The monoisotopic (exact) mass is 362 g/mol. The Morgan fingerprint density at radius 2 is 1.11 bits per heavy atom. The first kappa shape index (κ1) is 16.9. The van der Waals surface area contributed by atoms with Crippen LogP contribution in [-0.2, 0) is 0 Å². The van der Waals surface area contributed by atoms with Gasteiger partial charge in [0.15, 0.2) is 12.4 Å². The van der Waals surface area contributed by atoms with E-state index in [9.17, 15) is 10.4 Å². The molecule has 2 aromatic carbocycles. The average molecular weight is 362 g/mol. The fourth-order valence-corrected chi connectivity index (χ4v) is 3.05. The van der Waals surface area contributed by atoms with Gasteiger partial charge in [0.25, 0.3) is 0 Å². The Bertz CT molecular complexity index is 1010. The number of pyridine rings is 2. The topological polar surface area (TPSA) is 72.3 Å². The molecule has 4 rings (SSSR count). The van der Waals surface area contributed by atoms with Gasteiger partial charge in [-0.3, -0.25) is 0 Å². The number of rotatable bonds is 6. The number of aromatic nitrogens is 2. The lowest BCUT2D eigenvalue weighted by molar-refractivity contribution is -0.577. The third-order valence-corrected chi connectivity index (χ3v) is 4.33. The third-order valence-electron chi connectivity index (χ3n) is 4.33. The van der Waals surface area contributed by atoms with E-state index in [1.165, 1.54) is 12.4 Å². The molecular formula is C21H18N2O4. The molecule has 6 nitrogen and oxygen atoms in total. The quantitative estimate of drug-likeness (QED) is 0.300. The molecule has 2 aromatic heterocycles. The van der Waals surface area contributed by atoms with Crippen LogP contribution >= 0.6 is 0 Å². The molecule has 0 saturated carbocycles. The van der Waals surface area contributed by atoms with Crippen molar-refractivity contribution < 1.29 is 18.9 Å². The van der Waals surface area contributed by atoms with Crippen LogP contribution in [0.3, 0.4) is 0 Å². The number of ether oxygens (including phenoxy) is 2. The van der Waals surface area contributed by atoms with Crippen LogP contribution in [0.2, 0.25) is 0 Å². The van der Waals surface area contributed by atoms with Crippen molar-refractivity contribution in [2.45, 2.75) is 6.42 Å². The van der Waals surface area contributed by atoms with Crippen LogP contribution in [0, 0.1) is 10.4 Å². The fraction of sp³-hybridized carbons (Fsp3) is 0.143. The van der Waals surface area contributed by atoms with Gasteiger partial charge in [0.05, 0.1) is 24.0 Å². The number of hydrogen-bond donors (Lipinski definition) is 0. The van der Waals surface area contributed by atoms with Crippen LogP contribution in [-0.4, -0.2) is 13.2 Å². The number of hydrogen-bond acceptors (Lipinski definition) is 4. The molecule has 0 radical (unpaired) electrons. The molecule has 4 aromatic rings. The lowest BCUT2D eigenvalue weighted by Gasteiger charge is -2.11. The van der Waals surface area contributed by atoms with Crippen molar-refractivity contribution in [2.24, 2.45) is 0 Å². The lowest BCUT2D eigenvalue weighted by atomic mass is 10.2. The molecule has 0 aliphatic rings. The second kappa shape index (κ2) is 7.37. The van der Waals surface area contributed by atoms with Gasteiger partial charge in [0.1, 0.15) is 11.5 Å². The maximum atomic E-state index is 11.8. The summed E-state index contributed by atoms with van der Waals surface area (Å²) >= 11 is 0. The molecule has 0 amide bonds. The smallest absolute Gasteiger partial charge is 0.227 e. The maximum Gasteiger partial charge on any atom is 0.227 e. The van der Waals surface area contributed by atoms with Crippen molar-refractivity contribution in [1.82, 2.24) is 0 Å². The van der Waals surface area contributed by atoms with E-state index in [-0.39, 0.29) is 0 Å². The molecule has 0 aliphatic heterocycles. The molecule has 0 spiro atoms. The van der Waals surface area contributed by atoms with Crippen LogP contribution in [0.5, 0.6) is 11.5 Å². The zero-order valence-corrected chi connectivity index (χ0v) is 14.6. The van der Waals surface area contributed by atoms with Gasteiger partial charge in [0, 0.05) is 30.7 Å². The Kier molecular flexibility index (Phi) is 4.61. The highest BCUT2D eigenvalue weighted by atomic mass is 16.5. The summed E-state index contributed by atoms with van der Waals surface area (Å²) < 4.78 is 13.3. The van der Waals surface area contributed by atoms with Crippen molar-refractivity contribution in [3.05, 3.63) is 83.5 Å². The Hall–Kier alpha value is -3.54. The predicted octanol–water partition coefficient (Wildman–Crippen LogP) is 3.11. The summed E-state index contributed by atoms with van der Waals surface area (Å²) in [5.74, 6) is 1.35. The van der Waals surface area contributed by atoms with Crippen LogP contribution in [0.4, 0.5) is 0 Å². The highest BCUT2D eigenvalue weighted by Crippen LogP contribution is 2.24. The van der Waals surface area contributed by atoms with Gasteiger partial charge in [-0.25, -0.2) is 0 Å². The predicted molar refractivity (Wildman–Crippen MR) is 101 cm³/mol. The average Bonchev–Trinajstić information content (AvgIpc) is 2.69. The summed E-state index contributed by atoms with van der Waals surface area (Å²) in [5.41, 5.74) is 1.15. The van der Waals surface area contributed by atoms with Crippen molar-refractivity contribution in [3.63, 3.8) is 0 Å². The second-order valence-electron chi connectivity index (χ2n) is 6.10. The van der Waals surface area contributed by atoms with E-state index in [4.69, 9.17) is 9.47 Å². The van der Waals surface area contributed by atoms with Crippen LogP contribution < -0.4 is 18.9 Å². The lowest BCUT2D eigenvalue weighted by Crippen LogP contribution is -2.25. The number of benzene rings is 2. The van der Waals surface area contributed by atoms with E-state index in [2.05, 4.69) is 0 Å². The largest absolute Gasteiger partial charge is 0.618 e. The van der Waals surface area contributed by atoms with E-state index < -0.39 is 0 Å². The van der Waals surface area contributed by atoms with Crippen LogP contribution in [0.15, 0.2) is 73.1 Å². The summed E-state index contributed by atoms with van der Waals surface area (Å²) in [7, 11) is 0. The van der Waals surface area contributed by atoms with Gasteiger partial charge in [-0.15, -0.1) is 0 Å². The minimum absolute atomic E-state index is 0.458. The third kappa shape index (κ3) is 3.42. The molecule has 0 bridgehead atoms. The van der Waals surface area contributed by atoms with E-state index in [0.717, 1.165) is 20.2 Å². The SMILES string of the molecule is [O-][n+]1cccc2c(OCCCOc3cccc4c3ccc[n+]4[O-])cccc21. The molecule has 136 valence electrons. The Morgan fingerprint density at radius 3 is 1.59 bits per heavy atom. The molecule has 0 N–H and O–H groups in total. The summed E-state index contributed by atoms with van der Waals surface area (Å²) in [6.45, 7) is 0.915. The first-order valence-corrected chi connectivity index (χ1v) is 8.71. The standard InChI is InChI=1S/C21H18N2O4/c24-22-12-3-6-16-18(22)8-1-10-20(16)26-14-5-15-27-21-11-2-9-19-17(21)7-4-13-23(19)25/h1-4,6-13H,5,14-15H2. The molecule has 0 fully saturated rings. The van der Waals surface area contributed by atoms with Gasteiger partial charge in [-0.2, -0.15) is 9.46 Å². The summed E-state index contributed by atoms with van der Waals surface area (Å²) in [4.78, 5) is 0. The van der Waals surface area contributed by atoms with E-state index in [1.807, 2.05) is 24.3 Å². The molecular weight excluding hydrogens is 344 g/mol.